The minimum Gasteiger partial charge on any atom is -0.390 e. The molecule has 0 aromatic heterocycles. The Kier molecular flexibility index (Phi) is 4.53. The van der Waals surface area contributed by atoms with Gasteiger partial charge in [-0.25, -0.2) is 8.78 Å². The molecule has 1 N–H and O–H groups in total. The molecular formula is C15H21F2NO. The predicted octanol–water partition coefficient (Wildman–Crippen LogP) is 3.09. The summed E-state index contributed by atoms with van der Waals surface area (Å²) in [6, 6.07) is 3.92. The number of hydrogen-bond acceptors (Lipinski definition) is 2. The standard InChI is InChI=1S/C15H21F2NO/c1-18(10-9-15(19)7-2-3-8-15)11-12-13(16)5-4-6-14(12)17/h4-6,19H,2-3,7-11H2,1H3. The van der Waals surface area contributed by atoms with Gasteiger partial charge in [-0.05, 0) is 38.4 Å². The first-order chi connectivity index (χ1) is 9.00. The van der Waals surface area contributed by atoms with Gasteiger partial charge >= 0.3 is 0 Å². The van der Waals surface area contributed by atoms with Crippen LogP contribution >= 0.6 is 0 Å². The van der Waals surface area contributed by atoms with E-state index in [1.54, 1.807) is 0 Å². The van der Waals surface area contributed by atoms with Crippen LogP contribution in [0.25, 0.3) is 0 Å². The Morgan fingerprint density at radius 3 is 2.37 bits per heavy atom. The van der Waals surface area contributed by atoms with Gasteiger partial charge in [0.2, 0.25) is 0 Å². The van der Waals surface area contributed by atoms with Crippen LogP contribution in [0.1, 0.15) is 37.7 Å². The zero-order valence-electron chi connectivity index (χ0n) is 11.3. The molecule has 1 aliphatic carbocycles. The fraction of sp³-hybridized carbons (Fsp3) is 0.600. The molecule has 106 valence electrons. The lowest BCUT2D eigenvalue weighted by atomic mass is 9.98. The molecule has 0 radical (unpaired) electrons. The van der Waals surface area contributed by atoms with E-state index >= 15 is 0 Å². The molecule has 0 bridgehead atoms. The van der Waals surface area contributed by atoms with E-state index in [9.17, 15) is 13.9 Å². The summed E-state index contributed by atoms with van der Waals surface area (Å²) in [6.45, 7) is 0.874. The van der Waals surface area contributed by atoms with Crippen molar-refractivity contribution in [2.45, 2.75) is 44.2 Å². The highest BCUT2D eigenvalue weighted by atomic mass is 19.1. The average Bonchev–Trinajstić information content (AvgIpc) is 2.79. The molecule has 0 amide bonds. The molecule has 0 aliphatic heterocycles. The minimum absolute atomic E-state index is 0.100. The number of nitrogens with zero attached hydrogens (tertiary/aromatic N) is 1. The van der Waals surface area contributed by atoms with Crippen molar-refractivity contribution in [3.63, 3.8) is 0 Å². The first-order valence-electron chi connectivity index (χ1n) is 6.84. The van der Waals surface area contributed by atoms with Crippen molar-refractivity contribution in [2.24, 2.45) is 0 Å². The molecule has 1 aromatic carbocycles. The van der Waals surface area contributed by atoms with Crippen LogP contribution in [0, 0.1) is 11.6 Å². The molecule has 0 atom stereocenters. The highest BCUT2D eigenvalue weighted by molar-refractivity contribution is 5.19. The van der Waals surface area contributed by atoms with Crippen LogP contribution in [-0.4, -0.2) is 29.2 Å². The molecule has 0 spiro atoms. The average molecular weight is 269 g/mol. The fourth-order valence-corrected chi connectivity index (χ4v) is 2.71. The lowest BCUT2D eigenvalue weighted by Crippen LogP contribution is -2.31. The Morgan fingerprint density at radius 2 is 1.79 bits per heavy atom. The van der Waals surface area contributed by atoms with Crippen LogP contribution in [-0.2, 0) is 6.54 Å². The zero-order chi connectivity index (χ0) is 13.9. The van der Waals surface area contributed by atoms with Crippen LogP contribution < -0.4 is 0 Å². The SMILES string of the molecule is CN(CCC1(O)CCCC1)Cc1c(F)cccc1F. The third kappa shape index (κ3) is 3.74. The van der Waals surface area contributed by atoms with Crippen LogP contribution in [0.2, 0.25) is 0 Å². The summed E-state index contributed by atoms with van der Waals surface area (Å²) < 4.78 is 27.0. The second-order valence-electron chi connectivity index (χ2n) is 5.62. The Bertz CT molecular complexity index is 410. The molecule has 1 saturated carbocycles. The maximum absolute atomic E-state index is 13.5. The number of rotatable bonds is 5. The number of halogens is 2. The van der Waals surface area contributed by atoms with Crippen molar-refractivity contribution in [3.8, 4) is 0 Å². The van der Waals surface area contributed by atoms with Gasteiger partial charge in [0.15, 0.2) is 0 Å². The van der Waals surface area contributed by atoms with Crippen LogP contribution in [0.5, 0.6) is 0 Å². The maximum Gasteiger partial charge on any atom is 0.130 e. The van der Waals surface area contributed by atoms with Gasteiger partial charge in [0, 0.05) is 18.7 Å². The Morgan fingerprint density at radius 1 is 1.21 bits per heavy atom. The van der Waals surface area contributed by atoms with Gasteiger partial charge in [0.1, 0.15) is 11.6 Å². The van der Waals surface area contributed by atoms with E-state index in [-0.39, 0.29) is 12.1 Å². The summed E-state index contributed by atoms with van der Waals surface area (Å²) in [5, 5.41) is 10.2. The molecule has 1 aliphatic rings. The minimum atomic E-state index is -0.567. The predicted molar refractivity (Wildman–Crippen MR) is 70.7 cm³/mol. The van der Waals surface area contributed by atoms with Gasteiger partial charge in [-0.2, -0.15) is 0 Å². The number of benzene rings is 1. The van der Waals surface area contributed by atoms with Gasteiger partial charge in [-0.3, -0.25) is 0 Å². The first-order valence-corrected chi connectivity index (χ1v) is 6.84. The summed E-state index contributed by atoms with van der Waals surface area (Å²) in [7, 11) is 1.82. The van der Waals surface area contributed by atoms with Crippen molar-refractivity contribution in [2.75, 3.05) is 13.6 Å². The normalized spacial score (nSPS) is 18.2. The van der Waals surface area contributed by atoms with Gasteiger partial charge in [-0.15, -0.1) is 0 Å². The molecule has 1 aromatic rings. The van der Waals surface area contributed by atoms with Gasteiger partial charge < -0.3 is 10.0 Å². The van der Waals surface area contributed by atoms with E-state index in [1.165, 1.54) is 18.2 Å². The molecule has 19 heavy (non-hydrogen) atoms. The molecule has 4 heteroatoms. The lowest BCUT2D eigenvalue weighted by Gasteiger charge is -2.25. The van der Waals surface area contributed by atoms with Crippen LogP contribution in [0.3, 0.4) is 0 Å². The van der Waals surface area contributed by atoms with E-state index in [0.717, 1.165) is 25.7 Å². The van der Waals surface area contributed by atoms with E-state index < -0.39 is 17.2 Å². The summed E-state index contributed by atoms with van der Waals surface area (Å²) in [5.41, 5.74) is -0.467. The molecule has 1 fully saturated rings. The number of aliphatic hydroxyl groups is 1. The van der Waals surface area contributed by atoms with E-state index in [4.69, 9.17) is 0 Å². The third-order valence-corrected chi connectivity index (χ3v) is 3.98. The van der Waals surface area contributed by atoms with E-state index in [1.807, 2.05) is 11.9 Å². The summed E-state index contributed by atoms with van der Waals surface area (Å²) in [5.74, 6) is -1.02. The highest BCUT2D eigenvalue weighted by Crippen LogP contribution is 2.32. The van der Waals surface area contributed by atoms with Crippen LogP contribution in [0.15, 0.2) is 18.2 Å². The fourth-order valence-electron chi connectivity index (χ4n) is 2.71. The molecule has 2 rings (SSSR count). The van der Waals surface area contributed by atoms with Crippen molar-refractivity contribution in [3.05, 3.63) is 35.4 Å². The van der Waals surface area contributed by atoms with Crippen molar-refractivity contribution in [1.29, 1.82) is 0 Å². The number of hydrogen-bond donors (Lipinski definition) is 1. The Balaban J connectivity index is 1.89. The Labute approximate surface area is 113 Å². The maximum atomic E-state index is 13.5. The summed E-state index contributed by atoms with van der Waals surface area (Å²) in [6.07, 6.45) is 4.49. The van der Waals surface area contributed by atoms with E-state index in [0.29, 0.717) is 13.0 Å². The second kappa shape index (κ2) is 5.97. The van der Waals surface area contributed by atoms with Crippen LogP contribution in [0.4, 0.5) is 8.78 Å². The molecule has 0 unspecified atom stereocenters. The van der Waals surface area contributed by atoms with Gasteiger partial charge in [0.05, 0.1) is 5.60 Å². The summed E-state index contributed by atoms with van der Waals surface area (Å²) in [4.78, 5) is 1.86. The largest absolute Gasteiger partial charge is 0.390 e. The van der Waals surface area contributed by atoms with Gasteiger partial charge in [-0.1, -0.05) is 18.9 Å². The monoisotopic (exact) mass is 269 g/mol. The zero-order valence-corrected chi connectivity index (χ0v) is 11.3. The lowest BCUT2D eigenvalue weighted by molar-refractivity contribution is 0.0296. The summed E-state index contributed by atoms with van der Waals surface area (Å²) >= 11 is 0. The second-order valence-corrected chi connectivity index (χ2v) is 5.62. The highest BCUT2D eigenvalue weighted by Gasteiger charge is 2.30. The Hall–Kier alpha value is -1.00. The van der Waals surface area contributed by atoms with Crippen molar-refractivity contribution >= 4 is 0 Å². The van der Waals surface area contributed by atoms with E-state index in [2.05, 4.69) is 0 Å². The van der Waals surface area contributed by atoms with Crippen molar-refractivity contribution < 1.29 is 13.9 Å². The molecule has 0 saturated heterocycles. The molecule has 2 nitrogen and oxygen atoms in total. The molecular weight excluding hydrogens is 248 g/mol. The van der Waals surface area contributed by atoms with Crippen molar-refractivity contribution in [1.82, 2.24) is 4.90 Å². The molecule has 0 heterocycles. The quantitative estimate of drug-likeness (QED) is 0.888. The third-order valence-electron chi connectivity index (χ3n) is 3.98. The first kappa shape index (κ1) is 14.4. The van der Waals surface area contributed by atoms with Gasteiger partial charge in [0.25, 0.3) is 0 Å². The smallest absolute Gasteiger partial charge is 0.130 e. The topological polar surface area (TPSA) is 23.5 Å².